The van der Waals surface area contributed by atoms with E-state index in [9.17, 15) is 4.79 Å². The number of hydrogen-bond acceptors (Lipinski definition) is 4. The maximum atomic E-state index is 12.0. The second-order valence-electron chi connectivity index (χ2n) is 4.09. The fourth-order valence-electron chi connectivity index (χ4n) is 1.73. The van der Waals surface area contributed by atoms with Crippen molar-refractivity contribution in [1.82, 2.24) is 4.90 Å². The molecule has 0 heterocycles. The largest absolute Gasteiger partial charge is 0.395 e. The van der Waals surface area contributed by atoms with Gasteiger partial charge in [-0.1, -0.05) is 27.5 Å². The van der Waals surface area contributed by atoms with Crippen LogP contribution >= 0.6 is 27.5 Å². The van der Waals surface area contributed by atoms with Gasteiger partial charge in [0.2, 0.25) is 0 Å². The molecule has 0 saturated carbocycles. The van der Waals surface area contributed by atoms with E-state index < -0.39 is 0 Å². The van der Waals surface area contributed by atoms with Gasteiger partial charge in [-0.05, 0) is 18.2 Å². The molecule has 0 radical (unpaired) electrons. The molecule has 0 aromatic heterocycles. The van der Waals surface area contributed by atoms with Crippen LogP contribution in [0.25, 0.3) is 0 Å². The fourth-order valence-corrected chi connectivity index (χ4v) is 2.51. The van der Waals surface area contributed by atoms with Crippen molar-refractivity contribution in [1.29, 1.82) is 0 Å². The minimum absolute atomic E-state index is 0.00717. The molecule has 1 aromatic carbocycles. The first-order chi connectivity index (χ1) is 9.08. The van der Waals surface area contributed by atoms with Crippen molar-refractivity contribution in [3.63, 3.8) is 0 Å². The third-order valence-electron chi connectivity index (χ3n) is 2.72. The van der Waals surface area contributed by atoms with Crippen molar-refractivity contribution < 1.29 is 15.0 Å². The first-order valence-electron chi connectivity index (χ1n) is 6.00. The average molecular weight is 351 g/mol. The van der Waals surface area contributed by atoms with Gasteiger partial charge >= 0.3 is 0 Å². The van der Waals surface area contributed by atoms with Gasteiger partial charge in [0.25, 0.3) is 0 Å². The number of halogens is 2. The van der Waals surface area contributed by atoms with Crippen molar-refractivity contribution >= 4 is 33.3 Å². The number of hydrogen-bond donors (Lipinski definition) is 2. The zero-order chi connectivity index (χ0) is 14.3. The van der Waals surface area contributed by atoms with E-state index in [1.54, 1.807) is 18.2 Å². The number of aliphatic hydroxyl groups is 2. The molecule has 0 saturated heterocycles. The predicted octanol–water partition coefficient (Wildman–Crippen LogP) is 1.96. The standard InChI is InChI=1S/C13H17BrClNO3/c14-10-1-2-11(12(15)9-10)13(19)3-4-16(5-7-17)6-8-18/h1-2,9,17-18H,3-8H2. The molecule has 19 heavy (non-hydrogen) atoms. The summed E-state index contributed by atoms with van der Waals surface area (Å²) in [4.78, 5) is 13.9. The Balaban J connectivity index is 2.58. The van der Waals surface area contributed by atoms with Crippen LogP contribution in [0, 0.1) is 0 Å². The van der Waals surface area contributed by atoms with Crippen molar-refractivity contribution in [2.45, 2.75) is 6.42 Å². The van der Waals surface area contributed by atoms with Crippen molar-refractivity contribution in [2.24, 2.45) is 0 Å². The summed E-state index contributed by atoms with van der Waals surface area (Å²) >= 11 is 9.31. The van der Waals surface area contributed by atoms with Gasteiger partial charge in [-0.25, -0.2) is 0 Å². The number of Topliss-reactive ketones (excluding diaryl/α,β-unsaturated/α-hetero) is 1. The van der Waals surface area contributed by atoms with Crippen LogP contribution < -0.4 is 0 Å². The van der Waals surface area contributed by atoms with Crippen LogP contribution in [-0.4, -0.2) is 53.7 Å². The molecule has 106 valence electrons. The highest BCUT2D eigenvalue weighted by atomic mass is 79.9. The van der Waals surface area contributed by atoms with E-state index in [0.717, 1.165) is 4.47 Å². The maximum absolute atomic E-state index is 12.0. The average Bonchev–Trinajstić information content (AvgIpc) is 2.36. The van der Waals surface area contributed by atoms with Gasteiger partial charge in [0.1, 0.15) is 0 Å². The molecule has 2 N–H and O–H groups in total. The lowest BCUT2D eigenvalue weighted by atomic mass is 10.1. The second kappa shape index (κ2) is 8.66. The van der Waals surface area contributed by atoms with E-state index in [0.29, 0.717) is 36.6 Å². The number of rotatable bonds is 8. The number of ketones is 1. The molecular weight excluding hydrogens is 334 g/mol. The summed E-state index contributed by atoms with van der Waals surface area (Å²) in [6.07, 6.45) is 0.307. The SMILES string of the molecule is O=C(CCN(CCO)CCO)c1ccc(Br)cc1Cl. The topological polar surface area (TPSA) is 60.8 Å². The summed E-state index contributed by atoms with van der Waals surface area (Å²) in [5.41, 5.74) is 0.498. The molecule has 6 heteroatoms. The van der Waals surface area contributed by atoms with Gasteiger partial charge in [0.15, 0.2) is 5.78 Å². The molecule has 0 fully saturated rings. The van der Waals surface area contributed by atoms with Crippen LogP contribution in [0.3, 0.4) is 0 Å². The Morgan fingerprint density at radius 1 is 1.21 bits per heavy atom. The quantitative estimate of drug-likeness (QED) is 0.704. The third-order valence-corrected chi connectivity index (χ3v) is 3.53. The summed E-state index contributed by atoms with van der Waals surface area (Å²) in [7, 11) is 0. The first kappa shape index (κ1) is 16.6. The lowest BCUT2D eigenvalue weighted by Gasteiger charge is -2.19. The van der Waals surface area contributed by atoms with Gasteiger partial charge in [-0.15, -0.1) is 0 Å². The Morgan fingerprint density at radius 2 is 1.84 bits per heavy atom. The number of benzene rings is 1. The maximum Gasteiger partial charge on any atom is 0.165 e. The van der Waals surface area contributed by atoms with Crippen LogP contribution in [-0.2, 0) is 0 Å². The summed E-state index contributed by atoms with van der Waals surface area (Å²) in [6.45, 7) is 1.40. The number of carbonyl (C=O) groups excluding carboxylic acids is 1. The molecule has 0 amide bonds. The van der Waals surface area contributed by atoms with Crippen LogP contribution in [0.5, 0.6) is 0 Å². The Labute approximate surface area is 126 Å². The lowest BCUT2D eigenvalue weighted by Crippen LogP contribution is -2.32. The van der Waals surface area contributed by atoms with Gasteiger partial charge in [-0.3, -0.25) is 9.69 Å². The van der Waals surface area contributed by atoms with Crippen molar-refractivity contribution in [2.75, 3.05) is 32.8 Å². The van der Waals surface area contributed by atoms with E-state index in [4.69, 9.17) is 21.8 Å². The molecule has 0 unspecified atom stereocenters. The zero-order valence-electron chi connectivity index (χ0n) is 10.5. The van der Waals surface area contributed by atoms with E-state index in [2.05, 4.69) is 15.9 Å². The highest BCUT2D eigenvalue weighted by molar-refractivity contribution is 9.10. The third kappa shape index (κ3) is 5.58. The smallest absolute Gasteiger partial charge is 0.165 e. The fraction of sp³-hybridized carbons (Fsp3) is 0.462. The molecule has 0 atom stereocenters. The Hall–Kier alpha value is -0.460. The summed E-state index contributed by atoms with van der Waals surface area (Å²) in [5, 5.41) is 18.2. The van der Waals surface area contributed by atoms with Gasteiger partial charge in [0, 0.05) is 36.1 Å². The first-order valence-corrected chi connectivity index (χ1v) is 7.18. The number of carbonyl (C=O) groups is 1. The van der Waals surface area contributed by atoms with Crippen LogP contribution in [0.1, 0.15) is 16.8 Å². The van der Waals surface area contributed by atoms with Gasteiger partial charge < -0.3 is 10.2 Å². The molecule has 1 rings (SSSR count). The van der Waals surface area contributed by atoms with E-state index in [1.807, 2.05) is 4.90 Å². The monoisotopic (exact) mass is 349 g/mol. The van der Waals surface area contributed by atoms with E-state index in [-0.39, 0.29) is 19.0 Å². The predicted molar refractivity (Wildman–Crippen MR) is 78.7 cm³/mol. The van der Waals surface area contributed by atoms with Crippen LogP contribution in [0.2, 0.25) is 5.02 Å². The van der Waals surface area contributed by atoms with Crippen molar-refractivity contribution in [3.05, 3.63) is 33.3 Å². The molecule has 0 aliphatic heterocycles. The molecule has 0 spiro atoms. The van der Waals surface area contributed by atoms with E-state index in [1.165, 1.54) is 0 Å². The Bertz CT molecular complexity index is 422. The number of nitrogens with zero attached hydrogens (tertiary/aromatic N) is 1. The molecule has 0 aliphatic carbocycles. The molecule has 0 bridgehead atoms. The lowest BCUT2D eigenvalue weighted by molar-refractivity contribution is 0.0947. The van der Waals surface area contributed by atoms with E-state index >= 15 is 0 Å². The van der Waals surface area contributed by atoms with Gasteiger partial charge in [-0.2, -0.15) is 0 Å². The van der Waals surface area contributed by atoms with Crippen LogP contribution in [0.15, 0.2) is 22.7 Å². The zero-order valence-corrected chi connectivity index (χ0v) is 12.8. The normalized spacial score (nSPS) is 11.0. The number of aliphatic hydroxyl groups excluding tert-OH is 2. The Morgan fingerprint density at radius 3 is 2.37 bits per heavy atom. The minimum Gasteiger partial charge on any atom is -0.395 e. The molecule has 0 aliphatic rings. The highest BCUT2D eigenvalue weighted by Gasteiger charge is 2.12. The van der Waals surface area contributed by atoms with Gasteiger partial charge in [0.05, 0.1) is 18.2 Å². The molecule has 1 aromatic rings. The highest BCUT2D eigenvalue weighted by Crippen LogP contribution is 2.22. The Kier molecular flexibility index (Phi) is 7.56. The van der Waals surface area contributed by atoms with Crippen molar-refractivity contribution in [3.8, 4) is 0 Å². The molecule has 4 nitrogen and oxygen atoms in total. The molecular formula is C13H17BrClNO3. The summed E-state index contributed by atoms with van der Waals surface area (Å²) in [6, 6.07) is 5.16. The second-order valence-corrected chi connectivity index (χ2v) is 5.41. The minimum atomic E-state index is -0.0432. The summed E-state index contributed by atoms with van der Waals surface area (Å²) < 4.78 is 0.830. The van der Waals surface area contributed by atoms with Crippen LogP contribution in [0.4, 0.5) is 0 Å². The summed E-state index contributed by atoms with van der Waals surface area (Å²) in [5.74, 6) is -0.0432.